The molecule has 7 heteroatoms. The van der Waals surface area contributed by atoms with Crippen molar-refractivity contribution in [3.63, 3.8) is 0 Å². The van der Waals surface area contributed by atoms with Crippen molar-refractivity contribution in [3.8, 4) is 5.75 Å². The molecule has 5 nitrogen and oxygen atoms in total. The van der Waals surface area contributed by atoms with Crippen LogP contribution < -0.4 is 0 Å². The molecule has 188 valence electrons. The molecule has 0 spiro atoms. The van der Waals surface area contributed by atoms with E-state index in [-0.39, 0.29) is 30.2 Å². The Kier molecular flexibility index (Phi) is 8.50. The minimum atomic E-state index is -2.45. The normalized spacial score (nSPS) is 20.4. The zero-order valence-corrected chi connectivity index (χ0v) is 20.0. The SMILES string of the molecule is O=CC1CCCCN(C(=O)c2ccc([C@@H]3c4ccc(O)cc4CCN3CC(F)F)cc2)CCCC1. The van der Waals surface area contributed by atoms with Gasteiger partial charge < -0.3 is 14.8 Å². The Bertz CT molecular complexity index is 1000. The van der Waals surface area contributed by atoms with Crippen LogP contribution in [0.15, 0.2) is 42.5 Å². The average molecular weight is 485 g/mol. The molecule has 2 aliphatic rings. The summed E-state index contributed by atoms with van der Waals surface area (Å²) in [7, 11) is 0. The molecule has 0 radical (unpaired) electrons. The van der Waals surface area contributed by atoms with Crippen LogP contribution in [-0.2, 0) is 11.2 Å². The van der Waals surface area contributed by atoms with Crippen LogP contribution >= 0.6 is 0 Å². The van der Waals surface area contributed by atoms with Gasteiger partial charge in [0.2, 0.25) is 0 Å². The first-order chi connectivity index (χ1) is 17.0. The maximum atomic E-state index is 13.3. The van der Waals surface area contributed by atoms with Gasteiger partial charge in [-0.05, 0) is 73.1 Å². The first kappa shape index (κ1) is 25.3. The fourth-order valence-electron chi connectivity index (χ4n) is 5.43. The van der Waals surface area contributed by atoms with Crippen molar-refractivity contribution in [3.05, 3.63) is 64.7 Å². The Morgan fingerprint density at radius 2 is 1.69 bits per heavy atom. The van der Waals surface area contributed by atoms with Crippen LogP contribution in [0.1, 0.15) is 71.6 Å². The predicted molar refractivity (Wildman–Crippen MR) is 131 cm³/mol. The topological polar surface area (TPSA) is 60.9 Å². The van der Waals surface area contributed by atoms with Gasteiger partial charge in [-0.25, -0.2) is 8.78 Å². The van der Waals surface area contributed by atoms with Crippen LogP contribution in [0.2, 0.25) is 0 Å². The molecule has 0 aliphatic carbocycles. The second-order valence-electron chi connectivity index (χ2n) is 9.72. The number of halogens is 2. The molecule has 1 atom stereocenters. The molecule has 1 fully saturated rings. The first-order valence-electron chi connectivity index (χ1n) is 12.6. The van der Waals surface area contributed by atoms with Crippen molar-refractivity contribution < 1.29 is 23.5 Å². The summed E-state index contributed by atoms with van der Waals surface area (Å²) >= 11 is 0. The fraction of sp³-hybridized carbons (Fsp3) is 0.500. The number of fused-ring (bicyclic) bond motifs is 1. The Morgan fingerprint density at radius 3 is 2.31 bits per heavy atom. The largest absolute Gasteiger partial charge is 0.508 e. The number of benzene rings is 2. The van der Waals surface area contributed by atoms with Crippen molar-refractivity contribution in [1.82, 2.24) is 9.80 Å². The van der Waals surface area contributed by atoms with Crippen LogP contribution in [0, 0.1) is 5.92 Å². The lowest BCUT2D eigenvalue weighted by molar-refractivity contribution is -0.111. The number of alkyl halides is 2. The number of phenols is 1. The summed E-state index contributed by atoms with van der Waals surface area (Å²) in [5, 5.41) is 9.88. The Labute approximate surface area is 205 Å². The molecule has 2 aromatic carbocycles. The first-order valence-corrected chi connectivity index (χ1v) is 12.6. The number of aromatic hydroxyl groups is 1. The quantitative estimate of drug-likeness (QED) is 0.592. The standard InChI is InChI=1S/C28H34F2N2O3/c29-26(30)18-32-16-13-23-17-24(34)11-12-25(23)27(32)21-7-9-22(10-8-21)28(35)31-14-3-1-5-20(19-33)6-2-4-15-31/h7-12,17,19-20,26-27,34H,1-6,13-16,18H2/t27-/m1/s1. The number of carbonyl (C=O) groups excluding carboxylic acids is 2. The third-order valence-corrected chi connectivity index (χ3v) is 7.29. The molecule has 1 N–H and O–H groups in total. The van der Waals surface area contributed by atoms with Crippen LogP contribution in [0.25, 0.3) is 0 Å². The van der Waals surface area contributed by atoms with Crippen molar-refractivity contribution >= 4 is 12.2 Å². The molecule has 0 saturated carbocycles. The lowest BCUT2D eigenvalue weighted by atomic mass is 9.87. The van der Waals surface area contributed by atoms with Crippen molar-refractivity contribution in [2.45, 2.75) is 57.4 Å². The third kappa shape index (κ3) is 6.26. The Balaban J connectivity index is 1.52. The lowest BCUT2D eigenvalue weighted by Crippen LogP contribution is -2.39. The van der Waals surface area contributed by atoms with Gasteiger partial charge in [0, 0.05) is 31.1 Å². The number of rotatable bonds is 5. The second kappa shape index (κ2) is 11.8. The number of phenolic OH excluding ortho intramolecular Hbond substituents is 1. The van der Waals surface area contributed by atoms with Gasteiger partial charge in [-0.2, -0.15) is 0 Å². The van der Waals surface area contributed by atoms with Gasteiger partial charge in [0.1, 0.15) is 12.0 Å². The maximum Gasteiger partial charge on any atom is 0.253 e. The number of carbonyl (C=O) groups is 2. The van der Waals surface area contributed by atoms with Gasteiger partial charge in [0.15, 0.2) is 0 Å². The van der Waals surface area contributed by atoms with E-state index < -0.39 is 6.43 Å². The highest BCUT2D eigenvalue weighted by molar-refractivity contribution is 5.94. The van der Waals surface area contributed by atoms with E-state index in [1.807, 2.05) is 23.1 Å². The molecular formula is C28H34F2N2O3. The molecule has 0 aromatic heterocycles. The minimum absolute atomic E-state index is 0.0116. The summed E-state index contributed by atoms with van der Waals surface area (Å²) in [6, 6.07) is 12.1. The molecule has 0 bridgehead atoms. The van der Waals surface area contributed by atoms with Crippen LogP contribution in [0.3, 0.4) is 0 Å². The summed E-state index contributed by atoms with van der Waals surface area (Å²) in [4.78, 5) is 28.1. The van der Waals surface area contributed by atoms with Gasteiger partial charge in [0.25, 0.3) is 12.3 Å². The molecule has 1 saturated heterocycles. The van der Waals surface area contributed by atoms with E-state index >= 15 is 0 Å². The van der Waals surface area contributed by atoms with Crippen LogP contribution in [0.5, 0.6) is 5.75 Å². The lowest BCUT2D eigenvalue weighted by Gasteiger charge is -2.37. The van der Waals surface area contributed by atoms with Gasteiger partial charge in [-0.3, -0.25) is 9.69 Å². The van der Waals surface area contributed by atoms with E-state index in [0.29, 0.717) is 31.6 Å². The zero-order valence-electron chi connectivity index (χ0n) is 20.0. The Morgan fingerprint density at radius 1 is 1.00 bits per heavy atom. The van der Waals surface area contributed by atoms with E-state index in [2.05, 4.69) is 0 Å². The number of nitrogens with zero attached hydrogens (tertiary/aromatic N) is 2. The summed E-state index contributed by atoms with van der Waals surface area (Å²) in [6.45, 7) is 1.50. The predicted octanol–water partition coefficient (Wildman–Crippen LogP) is 5.22. The smallest absolute Gasteiger partial charge is 0.253 e. The average Bonchev–Trinajstić information content (AvgIpc) is 2.86. The molecule has 4 rings (SSSR count). The van der Waals surface area contributed by atoms with Gasteiger partial charge in [0.05, 0.1) is 12.6 Å². The monoisotopic (exact) mass is 484 g/mol. The van der Waals surface area contributed by atoms with E-state index in [1.54, 1.807) is 29.2 Å². The summed E-state index contributed by atoms with van der Waals surface area (Å²) in [5.74, 6) is 0.304. The van der Waals surface area contributed by atoms with E-state index in [1.165, 1.54) is 0 Å². The molecule has 2 aliphatic heterocycles. The number of hydrogen-bond donors (Lipinski definition) is 1. The minimum Gasteiger partial charge on any atom is -0.508 e. The fourth-order valence-corrected chi connectivity index (χ4v) is 5.43. The molecule has 2 aromatic rings. The number of aldehydes is 1. The van der Waals surface area contributed by atoms with Crippen molar-refractivity contribution in [1.29, 1.82) is 0 Å². The Hall–Kier alpha value is -2.80. The molecular weight excluding hydrogens is 450 g/mol. The maximum absolute atomic E-state index is 13.3. The van der Waals surface area contributed by atoms with E-state index in [4.69, 9.17) is 0 Å². The highest BCUT2D eigenvalue weighted by atomic mass is 19.3. The van der Waals surface area contributed by atoms with Gasteiger partial charge in [-0.1, -0.05) is 31.0 Å². The van der Waals surface area contributed by atoms with Gasteiger partial charge in [-0.15, -0.1) is 0 Å². The summed E-state index contributed by atoms with van der Waals surface area (Å²) in [6.07, 6.45) is 4.62. The highest BCUT2D eigenvalue weighted by Gasteiger charge is 2.31. The van der Waals surface area contributed by atoms with E-state index in [0.717, 1.165) is 61.5 Å². The number of amides is 1. The van der Waals surface area contributed by atoms with Crippen molar-refractivity contribution in [2.24, 2.45) is 5.92 Å². The summed E-state index contributed by atoms with van der Waals surface area (Å²) in [5.41, 5.74) is 3.33. The van der Waals surface area contributed by atoms with Gasteiger partial charge >= 0.3 is 0 Å². The summed E-state index contributed by atoms with van der Waals surface area (Å²) < 4.78 is 26.7. The third-order valence-electron chi connectivity index (χ3n) is 7.29. The van der Waals surface area contributed by atoms with Crippen LogP contribution in [-0.4, -0.2) is 59.7 Å². The molecule has 1 amide bonds. The zero-order chi connectivity index (χ0) is 24.8. The number of hydrogen-bond acceptors (Lipinski definition) is 4. The molecule has 35 heavy (non-hydrogen) atoms. The highest BCUT2D eigenvalue weighted by Crippen LogP contribution is 2.37. The van der Waals surface area contributed by atoms with Crippen LogP contribution in [0.4, 0.5) is 8.78 Å². The van der Waals surface area contributed by atoms with Crippen molar-refractivity contribution in [2.75, 3.05) is 26.2 Å². The van der Waals surface area contributed by atoms with E-state index in [9.17, 15) is 23.5 Å². The molecule has 0 unspecified atom stereocenters. The second-order valence-corrected chi connectivity index (χ2v) is 9.72. The molecule has 2 heterocycles.